The van der Waals surface area contributed by atoms with E-state index in [0.717, 1.165) is 12.8 Å². The number of ether oxygens (including phenoxy) is 2. The predicted octanol–water partition coefficient (Wildman–Crippen LogP) is 5.56. The SMILES string of the molecule is CC(C)CCOc1cccc2c1C(=O)c1c(OCCC(C)C)cc(NC(=O)CN=[N+]=[N-])cc1C2=O. The molecule has 9 heteroatoms. The first-order valence-corrected chi connectivity index (χ1v) is 11.7. The number of amides is 1. The van der Waals surface area contributed by atoms with Gasteiger partial charge in [-0.1, -0.05) is 44.9 Å². The second kappa shape index (κ2) is 11.5. The molecule has 0 bridgehead atoms. The topological polar surface area (TPSA) is 130 Å². The largest absolute Gasteiger partial charge is 0.493 e. The van der Waals surface area contributed by atoms with Crippen molar-refractivity contribution in [3.05, 3.63) is 63.0 Å². The lowest BCUT2D eigenvalue weighted by molar-refractivity contribution is -0.114. The zero-order valence-corrected chi connectivity index (χ0v) is 20.5. The van der Waals surface area contributed by atoms with Gasteiger partial charge < -0.3 is 14.8 Å². The smallest absolute Gasteiger partial charge is 0.230 e. The Morgan fingerprint density at radius 2 is 1.57 bits per heavy atom. The molecule has 0 spiro atoms. The van der Waals surface area contributed by atoms with Gasteiger partial charge in [-0.25, -0.2) is 0 Å². The fraction of sp³-hybridized carbons (Fsp3) is 0.423. The Bertz CT molecular complexity index is 1180. The fourth-order valence-corrected chi connectivity index (χ4v) is 3.67. The molecule has 1 N–H and O–H groups in total. The normalized spacial score (nSPS) is 12.2. The molecule has 3 rings (SSSR count). The highest BCUT2D eigenvalue weighted by Crippen LogP contribution is 2.39. The first kappa shape index (κ1) is 25.8. The van der Waals surface area contributed by atoms with Crippen molar-refractivity contribution in [3.8, 4) is 11.5 Å². The van der Waals surface area contributed by atoms with Crippen LogP contribution in [0.5, 0.6) is 11.5 Å². The summed E-state index contributed by atoms with van der Waals surface area (Å²) in [6, 6.07) is 7.95. The van der Waals surface area contributed by atoms with Crippen molar-refractivity contribution in [2.24, 2.45) is 17.0 Å². The number of carbonyl (C=O) groups is 3. The molecule has 1 aliphatic rings. The van der Waals surface area contributed by atoms with Crippen molar-refractivity contribution in [1.82, 2.24) is 0 Å². The summed E-state index contributed by atoms with van der Waals surface area (Å²) >= 11 is 0. The Morgan fingerprint density at radius 1 is 0.943 bits per heavy atom. The number of ketones is 2. The van der Waals surface area contributed by atoms with E-state index in [0.29, 0.717) is 30.8 Å². The van der Waals surface area contributed by atoms with Crippen LogP contribution in [0, 0.1) is 11.8 Å². The summed E-state index contributed by atoms with van der Waals surface area (Å²) in [5, 5.41) is 5.85. The third kappa shape index (κ3) is 6.19. The van der Waals surface area contributed by atoms with Crippen molar-refractivity contribution in [2.75, 3.05) is 25.1 Å². The van der Waals surface area contributed by atoms with E-state index in [-0.39, 0.29) is 45.3 Å². The third-order valence-electron chi connectivity index (χ3n) is 5.54. The average molecular weight is 479 g/mol. The van der Waals surface area contributed by atoms with Gasteiger partial charge in [-0.05, 0) is 42.3 Å². The maximum Gasteiger partial charge on any atom is 0.230 e. The number of fused-ring (bicyclic) bond motifs is 2. The Kier molecular flexibility index (Phi) is 8.49. The summed E-state index contributed by atoms with van der Waals surface area (Å²) in [5.41, 5.74) is 9.49. The number of nitrogens with one attached hydrogen (secondary N) is 1. The molecule has 0 saturated heterocycles. The van der Waals surface area contributed by atoms with Gasteiger partial charge in [0.15, 0.2) is 5.78 Å². The molecule has 0 saturated carbocycles. The van der Waals surface area contributed by atoms with Gasteiger partial charge in [0.2, 0.25) is 11.7 Å². The quantitative estimate of drug-likeness (QED) is 0.219. The van der Waals surface area contributed by atoms with Crippen LogP contribution in [0.2, 0.25) is 0 Å². The number of nitrogens with zero attached hydrogens (tertiary/aromatic N) is 3. The monoisotopic (exact) mass is 478 g/mol. The second-order valence-electron chi connectivity index (χ2n) is 9.23. The molecule has 0 radical (unpaired) electrons. The number of rotatable bonds is 11. The van der Waals surface area contributed by atoms with Crippen molar-refractivity contribution in [1.29, 1.82) is 0 Å². The molecule has 0 aliphatic heterocycles. The minimum Gasteiger partial charge on any atom is -0.493 e. The predicted molar refractivity (Wildman–Crippen MR) is 132 cm³/mol. The molecule has 184 valence electrons. The minimum atomic E-state index is -0.549. The van der Waals surface area contributed by atoms with Gasteiger partial charge in [-0.2, -0.15) is 0 Å². The molecule has 1 amide bonds. The molecule has 9 nitrogen and oxygen atoms in total. The lowest BCUT2D eigenvalue weighted by Gasteiger charge is -2.23. The van der Waals surface area contributed by atoms with Crippen molar-refractivity contribution in [2.45, 2.75) is 40.5 Å². The number of hydrogen-bond donors (Lipinski definition) is 1. The first-order chi connectivity index (χ1) is 16.7. The number of benzene rings is 2. The summed E-state index contributed by atoms with van der Waals surface area (Å²) in [6.45, 7) is 8.63. The van der Waals surface area contributed by atoms with Gasteiger partial charge in [-0.15, -0.1) is 0 Å². The standard InChI is InChI=1S/C26H30N4O5/c1-15(2)8-10-34-20-7-5-6-18-23(20)26(33)24-19(25(18)32)12-17(29-22(31)14-28-30-27)13-21(24)35-11-9-16(3)4/h5-7,12-13,15-16H,8-11,14H2,1-4H3,(H,29,31). The van der Waals surface area contributed by atoms with Crippen LogP contribution in [0.4, 0.5) is 5.69 Å². The van der Waals surface area contributed by atoms with E-state index in [1.165, 1.54) is 12.1 Å². The van der Waals surface area contributed by atoms with Gasteiger partial charge >= 0.3 is 0 Å². The van der Waals surface area contributed by atoms with Crippen LogP contribution in [0.25, 0.3) is 10.4 Å². The van der Waals surface area contributed by atoms with Gasteiger partial charge in [0.05, 0.1) is 24.3 Å². The molecular weight excluding hydrogens is 448 g/mol. The molecule has 0 aromatic heterocycles. The van der Waals surface area contributed by atoms with Crippen LogP contribution in [0.1, 0.15) is 72.4 Å². The maximum atomic E-state index is 13.7. The van der Waals surface area contributed by atoms with Crippen molar-refractivity contribution < 1.29 is 23.9 Å². The van der Waals surface area contributed by atoms with Crippen LogP contribution in [0.3, 0.4) is 0 Å². The van der Waals surface area contributed by atoms with E-state index in [2.05, 4.69) is 43.0 Å². The average Bonchev–Trinajstić information content (AvgIpc) is 2.80. The van der Waals surface area contributed by atoms with E-state index >= 15 is 0 Å². The van der Waals surface area contributed by atoms with E-state index in [4.69, 9.17) is 15.0 Å². The highest BCUT2D eigenvalue weighted by molar-refractivity contribution is 6.30. The molecule has 0 atom stereocenters. The van der Waals surface area contributed by atoms with Crippen molar-refractivity contribution in [3.63, 3.8) is 0 Å². The van der Waals surface area contributed by atoms with Gasteiger partial charge in [0, 0.05) is 27.8 Å². The van der Waals surface area contributed by atoms with E-state index in [9.17, 15) is 14.4 Å². The first-order valence-electron chi connectivity index (χ1n) is 11.7. The lowest BCUT2D eigenvalue weighted by atomic mass is 9.82. The van der Waals surface area contributed by atoms with Crippen molar-refractivity contribution >= 4 is 23.2 Å². The molecular formula is C26H30N4O5. The Hall–Kier alpha value is -3.84. The van der Waals surface area contributed by atoms with Gasteiger partial charge in [0.1, 0.15) is 18.0 Å². The molecule has 2 aromatic rings. The summed E-state index contributed by atoms with van der Waals surface area (Å²) in [7, 11) is 0. The number of azide groups is 1. The molecule has 0 unspecified atom stereocenters. The van der Waals surface area contributed by atoms with Crippen LogP contribution < -0.4 is 14.8 Å². The molecule has 0 fully saturated rings. The highest BCUT2D eigenvalue weighted by atomic mass is 16.5. The van der Waals surface area contributed by atoms with E-state index < -0.39 is 12.5 Å². The van der Waals surface area contributed by atoms with Gasteiger partial charge in [-0.3, -0.25) is 14.4 Å². The number of hydrogen-bond acceptors (Lipinski definition) is 6. The third-order valence-corrected chi connectivity index (χ3v) is 5.54. The van der Waals surface area contributed by atoms with E-state index in [1.807, 2.05) is 0 Å². The van der Waals surface area contributed by atoms with E-state index in [1.54, 1.807) is 18.2 Å². The van der Waals surface area contributed by atoms with Crippen LogP contribution in [0.15, 0.2) is 35.4 Å². The lowest BCUT2D eigenvalue weighted by Crippen LogP contribution is -2.24. The Labute approximate surface area is 204 Å². The fourth-order valence-electron chi connectivity index (χ4n) is 3.67. The van der Waals surface area contributed by atoms with Crippen LogP contribution in [-0.2, 0) is 4.79 Å². The Balaban J connectivity index is 2.04. The molecule has 2 aromatic carbocycles. The summed E-state index contributed by atoms with van der Waals surface area (Å²) in [6.07, 6.45) is 1.55. The maximum absolute atomic E-state index is 13.7. The second-order valence-corrected chi connectivity index (χ2v) is 9.23. The molecule has 35 heavy (non-hydrogen) atoms. The number of carbonyl (C=O) groups excluding carboxylic acids is 3. The zero-order chi connectivity index (χ0) is 25.5. The summed E-state index contributed by atoms with van der Waals surface area (Å²) < 4.78 is 11.9. The number of anilines is 1. The van der Waals surface area contributed by atoms with Gasteiger partial charge in [0.25, 0.3) is 0 Å². The minimum absolute atomic E-state index is 0.142. The summed E-state index contributed by atoms with van der Waals surface area (Å²) in [4.78, 5) is 41.9. The zero-order valence-electron chi connectivity index (χ0n) is 20.5. The Morgan fingerprint density at radius 3 is 2.20 bits per heavy atom. The molecule has 1 aliphatic carbocycles. The van der Waals surface area contributed by atoms with Crippen LogP contribution >= 0.6 is 0 Å². The molecule has 0 heterocycles. The summed E-state index contributed by atoms with van der Waals surface area (Å²) in [5.74, 6) is 0.115. The van der Waals surface area contributed by atoms with Crippen LogP contribution in [-0.4, -0.2) is 37.2 Å². The highest BCUT2D eigenvalue weighted by Gasteiger charge is 2.35.